The first-order valence-electron chi connectivity index (χ1n) is 6.86. The zero-order valence-electron chi connectivity index (χ0n) is 13.3. The Bertz CT molecular complexity index is 940. The first kappa shape index (κ1) is 19.0. The van der Waals surface area contributed by atoms with Crippen LogP contribution in [0.15, 0.2) is 30.3 Å². The Hall–Kier alpha value is -4.36. The van der Waals surface area contributed by atoms with Gasteiger partial charge in [0.05, 0.1) is 50.7 Å². The van der Waals surface area contributed by atoms with Crippen molar-refractivity contribution in [1.29, 1.82) is 0 Å². The predicted octanol–water partition coefficient (Wildman–Crippen LogP) is 3.07. The highest BCUT2D eigenvalue weighted by atomic mass is 16.6. The molecule has 27 heavy (non-hydrogen) atoms. The molecule has 0 aliphatic carbocycles. The molecule has 2 rings (SSSR count). The largest absolute Gasteiger partial charge is 0.494 e. The monoisotopic (exact) mass is 379 g/mol. The van der Waals surface area contributed by atoms with Crippen LogP contribution in [0.3, 0.4) is 0 Å². The van der Waals surface area contributed by atoms with Crippen molar-refractivity contribution in [1.82, 2.24) is 0 Å². The van der Waals surface area contributed by atoms with Gasteiger partial charge in [-0.05, 0) is 6.07 Å². The van der Waals surface area contributed by atoms with Crippen LogP contribution < -0.4 is 10.1 Å². The number of hydrogen-bond donors (Lipinski definition) is 1. The van der Waals surface area contributed by atoms with E-state index in [1.165, 1.54) is 7.11 Å². The van der Waals surface area contributed by atoms with E-state index in [0.717, 1.165) is 18.2 Å². The molecule has 0 aliphatic heterocycles. The molecule has 0 heterocycles. The van der Waals surface area contributed by atoms with Crippen molar-refractivity contribution in [2.45, 2.75) is 0 Å². The van der Waals surface area contributed by atoms with Crippen LogP contribution in [0.5, 0.6) is 5.75 Å². The number of methoxy groups -OCH3 is 1. The van der Waals surface area contributed by atoms with Gasteiger partial charge in [-0.15, -0.1) is 0 Å². The fourth-order valence-electron chi connectivity index (χ4n) is 2.15. The van der Waals surface area contributed by atoms with E-state index < -0.39 is 42.4 Å². The van der Waals surface area contributed by atoms with Crippen LogP contribution in [-0.4, -0.2) is 26.8 Å². The summed E-state index contributed by atoms with van der Waals surface area (Å²) in [5.74, 6) is -0.119. The summed E-state index contributed by atoms with van der Waals surface area (Å²) in [7, 11) is 1.17. The number of hydrogen-bond acceptors (Lipinski definition) is 10. The number of non-ortho nitro benzene ring substituents is 2. The highest BCUT2D eigenvalue weighted by Crippen LogP contribution is 2.42. The van der Waals surface area contributed by atoms with Crippen LogP contribution in [0.2, 0.25) is 0 Å². The molecule has 0 amide bonds. The third-order valence-corrected chi connectivity index (χ3v) is 3.34. The van der Waals surface area contributed by atoms with Gasteiger partial charge in [0.25, 0.3) is 11.4 Å². The van der Waals surface area contributed by atoms with Crippen molar-refractivity contribution in [3.63, 3.8) is 0 Å². The van der Waals surface area contributed by atoms with E-state index in [4.69, 9.17) is 4.74 Å². The minimum Gasteiger partial charge on any atom is -0.494 e. The maximum Gasteiger partial charge on any atom is 0.306 e. The van der Waals surface area contributed by atoms with Crippen LogP contribution in [-0.2, 0) is 0 Å². The zero-order valence-corrected chi connectivity index (χ0v) is 13.3. The van der Waals surface area contributed by atoms with E-state index in [0.29, 0.717) is 12.1 Å². The predicted molar refractivity (Wildman–Crippen MR) is 89.3 cm³/mol. The number of nitro benzene ring substituents is 4. The first-order chi connectivity index (χ1) is 12.6. The fourth-order valence-corrected chi connectivity index (χ4v) is 2.15. The minimum absolute atomic E-state index is 0.0526. The quantitative estimate of drug-likeness (QED) is 0.551. The Balaban J connectivity index is 2.68. The van der Waals surface area contributed by atoms with Gasteiger partial charge in [-0.25, -0.2) is 0 Å². The van der Waals surface area contributed by atoms with E-state index in [9.17, 15) is 40.5 Å². The third-order valence-electron chi connectivity index (χ3n) is 3.34. The average molecular weight is 379 g/mol. The smallest absolute Gasteiger partial charge is 0.306 e. The highest BCUT2D eigenvalue weighted by molar-refractivity contribution is 5.83. The molecule has 2 aromatic rings. The topological polar surface area (TPSA) is 194 Å². The first-order valence-corrected chi connectivity index (χ1v) is 6.86. The van der Waals surface area contributed by atoms with Crippen LogP contribution >= 0.6 is 0 Å². The number of rotatable bonds is 7. The average Bonchev–Trinajstić information content (AvgIpc) is 2.61. The van der Waals surface area contributed by atoms with Gasteiger partial charge in [-0.1, -0.05) is 0 Å². The molecule has 0 unspecified atom stereocenters. The summed E-state index contributed by atoms with van der Waals surface area (Å²) in [6.45, 7) is 0. The fraction of sp³-hybridized carbons (Fsp3) is 0.0769. The van der Waals surface area contributed by atoms with Crippen molar-refractivity contribution in [3.05, 3.63) is 70.8 Å². The summed E-state index contributed by atoms with van der Waals surface area (Å²) in [5.41, 5.74) is -3.71. The summed E-state index contributed by atoms with van der Waals surface area (Å²) < 4.78 is 4.96. The maximum atomic E-state index is 11.3. The lowest BCUT2D eigenvalue weighted by atomic mass is 10.2. The van der Waals surface area contributed by atoms with E-state index in [2.05, 4.69) is 5.32 Å². The number of anilines is 2. The maximum absolute atomic E-state index is 11.3. The van der Waals surface area contributed by atoms with E-state index in [1.807, 2.05) is 0 Å². The molecule has 0 bridgehead atoms. The van der Waals surface area contributed by atoms with Crippen LogP contribution in [0.4, 0.5) is 34.1 Å². The van der Waals surface area contributed by atoms with Crippen molar-refractivity contribution in [2.24, 2.45) is 0 Å². The molecule has 0 fully saturated rings. The molecule has 0 aliphatic rings. The van der Waals surface area contributed by atoms with Gasteiger partial charge >= 0.3 is 11.4 Å². The molecule has 0 radical (unpaired) electrons. The Labute approximate surface area is 148 Å². The van der Waals surface area contributed by atoms with Gasteiger partial charge in [-0.2, -0.15) is 0 Å². The molecule has 0 spiro atoms. The Morgan fingerprint density at radius 3 is 1.70 bits per heavy atom. The van der Waals surface area contributed by atoms with Crippen LogP contribution in [0.25, 0.3) is 0 Å². The second-order valence-corrected chi connectivity index (χ2v) is 4.90. The van der Waals surface area contributed by atoms with Crippen molar-refractivity contribution in [2.75, 3.05) is 12.4 Å². The van der Waals surface area contributed by atoms with Gasteiger partial charge in [-0.3, -0.25) is 40.5 Å². The normalized spacial score (nSPS) is 10.1. The van der Waals surface area contributed by atoms with Gasteiger partial charge in [0, 0.05) is 6.07 Å². The second kappa shape index (κ2) is 7.26. The van der Waals surface area contributed by atoms with Crippen molar-refractivity contribution in [3.8, 4) is 5.75 Å². The summed E-state index contributed by atoms with van der Waals surface area (Å²) >= 11 is 0. The molecule has 14 nitrogen and oxygen atoms in total. The van der Waals surface area contributed by atoms with E-state index in [-0.39, 0.29) is 17.1 Å². The summed E-state index contributed by atoms with van der Waals surface area (Å²) in [6.07, 6.45) is 0. The zero-order chi connectivity index (χ0) is 20.3. The standard InChI is InChI=1S/C13H9N5O9/c1-27-12-6-7(15(19)20)2-3-9(12)14-13-10(17(23)24)4-8(16(21)22)5-11(13)18(25)26/h2-6,14H,1H3. The number of nitrogens with one attached hydrogen (secondary N) is 1. The summed E-state index contributed by atoms with van der Waals surface area (Å²) in [5, 5.41) is 46.6. The van der Waals surface area contributed by atoms with Crippen LogP contribution in [0.1, 0.15) is 0 Å². The highest BCUT2D eigenvalue weighted by Gasteiger charge is 2.31. The molecule has 1 N–H and O–H groups in total. The lowest BCUT2D eigenvalue weighted by Gasteiger charge is -2.11. The summed E-state index contributed by atoms with van der Waals surface area (Å²) in [4.78, 5) is 40.4. The molecule has 0 atom stereocenters. The number of nitrogens with zero attached hydrogens (tertiary/aromatic N) is 4. The van der Waals surface area contributed by atoms with Gasteiger partial charge in [0.2, 0.25) is 0 Å². The molecule has 0 saturated carbocycles. The molecule has 2 aromatic carbocycles. The molecular formula is C13H9N5O9. The number of ether oxygens (including phenoxy) is 1. The second-order valence-electron chi connectivity index (χ2n) is 4.90. The van der Waals surface area contributed by atoms with Crippen molar-refractivity contribution < 1.29 is 24.4 Å². The van der Waals surface area contributed by atoms with Gasteiger partial charge in [0.15, 0.2) is 5.69 Å². The minimum atomic E-state index is -1.03. The Kier molecular flexibility index (Phi) is 5.10. The van der Waals surface area contributed by atoms with Gasteiger partial charge < -0.3 is 10.1 Å². The lowest BCUT2D eigenvalue weighted by Crippen LogP contribution is -2.04. The van der Waals surface area contributed by atoms with E-state index in [1.54, 1.807) is 0 Å². The number of nitro groups is 4. The summed E-state index contributed by atoms with van der Waals surface area (Å²) in [6, 6.07) is 4.31. The molecule has 140 valence electrons. The molecular weight excluding hydrogens is 370 g/mol. The van der Waals surface area contributed by atoms with E-state index >= 15 is 0 Å². The SMILES string of the molecule is COc1cc([N+](=O)[O-])ccc1Nc1c([N+](=O)[O-])cc([N+](=O)[O-])cc1[N+](=O)[O-]. The van der Waals surface area contributed by atoms with Crippen LogP contribution in [0, 0.1) is 40.5 Å². The number of benzene rings is 2. The Morgan fingerprint density at radius 1 is 0.778 bits per heavy atom. The third kappa shape index (κ3) is 3.84. The van der Waals surface area contributed by atoms with Crippen molar-refractivity contribution >= 4 is 34.1 Å². The molecule has 0 saturated heterocycles. The Morgan fingerprint density at radius 2 is 1.30 bits per heavy atom. The lowest BCUT2D eigenvalue weighted by molar-refractivity contribution is -0.401. The van der Waals surface area contributed by atoms with Gasteiger partial charge in [0.1, 0.15) is 5.75 Å². The molecule has 0 aromatic heterocycles. The molecule has 14 heteroatoms.